The molecular formula is C6H11O5P. The molecule has 6 heteroatoms. The summed E-state index contributed by atoms with van der Waals surface area (Å²) in [6.07, 6.45) is 0.994. The van der Waals surface area contributed by atoms with Crippen molar-refractivity contribution in [3.8, 4) is 0 Å². The fourth-order valence-corrected chi connectivity index (χ4v) is 1.11. The minimum Gasteiger partial charge on any atom is -0.466 e. The van der Waals surface area contributed by atoms with Gasteiger partial charge in [-0.3, -0.25) is 4.57 Å². The summed E-state index contributed by atoms with van der Waals surface area (Å²) in [5, 5.41) is 0. The molecule has 70 valence electrons. The second-order valence-electron chi connectivity index (χ2n) is 1.74. The number of hydrogen-bond donors (Lipinski definition) is 0. The lowest BCUT2D eigenvalue weighted by molar-refractivity contribution is -0.134. The normalized spacial score (nSPS) is 11.9. The van der Waals surface area contributed by atoms with Crippen molar-refractivity contribution in [2.75, 3.05) is 21.3 Å². The first-order valence-electron chi connectivity index (χ1n) is 3.06. The van der Waals surface area contributed by atoms with Crippen molar-refractivity contribution < 1.29 is 23.1 Å². The van der Waals surface area contributed by atoms with Crippen molar-refractivity contribution in [3.63, 3.8) is 0 Å². The van der Waals surface area contributed by atoms with Gasteiger partial charge >= 0.3 is 13.6 Å². The van der Waals surface area contributed by atoms with Crippen LogP contribution in [0.1, 0.15) is 0 Å². The molecule has 0 radical (unpaired) electrons. The van der Waals surface area contributed by atoms with Gasteiger partial charge in [-0.05, 0) is 0 Å². The van der Waals surface area contributed by atoms with E-state index in [4.69, 9.17) is 0 Å². The maximum atomic E-state index is 11.2. The quantitative estimate of drug-likeness (QED) is 0.381. The van der Waals surface area contributed by atoms with E-state index in [9.17, 15) is 9.36 Å². The van der Waals surface area contributed by atoms with E-state index in [2.05, 4.69) is 13.8 Å². The van der Waals surface area contributed by atoms with Crippen molar-refractivity contribution in [3.05, 3.63) is 11.9 Å². The monoisotopic (exact) mass is 194 g/mol. The van der Waals surface area contributed by atoms with Gasteiger partial charge in [0.1, 0.15) is 0 Å². The lowest BCUT2D eigenvalue weighted by Crippen LogP contribution is -1.94. The van der Waals surface area contributed by atoms with E-state index in [1.54, 1.807) is 0 Å². The van der Waals surface area contributed by atoms with Gasteiger partial charge in [0, 0.05) is 26.1 Å². The van der Waals surface area contributed by atoms with Gasteiger partial charge in [0.05, 0.1) is 7.11 Å². The Morgan fingerprint density at radius 1 is 1.25 bits per heavy atom. The molecule has 0 aliphatic heterocycles. The first-order valence-corrected chi connectivity index (χ1v) is 4.67. The highest BCUT2D eigenvalue weighted by atomic mass is 31.2. The molecule has 0 fully saturated rings. The highest BCUT2D eigenvalue weighted by Gasteiger charge is 2.16. The maximum Gasteiger partial charge on any atom is 0.353 e. The average Bonchev–Trinajstić information content (AvgIpc) is 2.13. The highest BCUT2D eigenvalue weighted by Crippen LogP contribution is 2.47. The molecule has 0 aliphatic carbocycles. The van der Waals surface area contributed by atoms with Crippen LogP contribution >= 0.6 is 7.60 Å². The second kappa shape index (κ2) is 5.09. The first kappa shape index (κ1) is 11.4. The maximum absolute atomic E-state index is 11.2. The number of carbonyl (C=O) groups excluding carboxylic acids is 1. The Morgan fingerprint density at radius 2 is 1.75 bits per heavy atom. The zero-order valence-corrected chi connectivity index (χ0v) is 8.04. The van der Waals surface area contributed by atoms with E-state index in [-0.39, 0.29) is 0 Å². The van der Waals surface area contributed by atoms with Crippen LogP contribution in [0.15, 0.2) is 11.9 Å². The SMILES string of the molecule is COC(=O)/C=C\P(=O)(OC)OC. The molecule has 0 aromatic rings. The largest absolute Gasteiger partial charge is 0.466 e. The Kier molecular flexibility index (Phi) is 4.81. The smallest absolute Gasteiger partial charge is 0.353 e. The Balaban J connectivity index is 4.30. The van der Waals surface area contributed by atoms with Gasteiger partial charge in [0.25, 0.3) is 0 Å². The lowest BCUT2D eigenvalue weighted by atomic mass is 10.7. The van der Waals surface area contributed by atoms with Crippen molar-refractivity contribution >= 4 is 13.6 Å². The van der Waals surface area contributed by atoms with E-state index in [1.807, 2.05) is 0 Å². The van der Waals surface area contributed by atoms with Crippen LogP contribution in [0.25, 0.3) is 0 Å². The number of esters is 1. The molecular weight excluding hydrogens is 183 g/mol. The Morgan fingerprint density at radius 3 is 2.08 bits per heavy atom. The fourth-order valence-electron chi connectivity index (χ4n) is 0.416. The zero-order valence-electron chi connectivity index (χ0n) is 7.14. The molecule has 0 unspecified atom stereocenters. The van der Waals surface area contributed by atoms with Gasteiger partial charge in [-0.2, -0.15) is 0 Å². The molecule has 0 spiro atoms. The predicted molar refractivity (Wildman–Crippen MR) is 42.8 cm³/mol. The Labute approximate surface area is 70.8 Å². The van der Waals surface area contributed by atoms with Crippen molar-refractivity contribution in [2.45, 2.75) is 0 Å². The second-order valence-corrected chi connectivity index (χ2v) is 3.85. The molecule has 0 atom stereocenters. The topological polar surface area (TPSA) is 61.8 Å². The van der Waals surface area contributed by atoms with E-state index >= 15 is 0 Å². The van der Waals surface area contributed by atoms with Crippen LogP contribution in [-0.4, -0.2) is 27.3 Å². The summed E-state index contributed by atoms with van der Waals surface area (Å²) in [6, 6.07) is 0. The van der Waals surface area contributed by atoms with Crippen LogP contribution in [0.2, 0.25) is 0 Å². The molecule has 0 aromatic heterocycles. The molecule has 0 aliphatic rings. The van der Waals surface area contributed by atoms with Crippen molar-refractivity contribution in [1.82, 2.24) is 0 Å². The number of rotatable bonds is 4. The predicted octanol–water partition coefficient (Wildman–Crippen LogP) is 1.16. The van der Waals surface area contributed by atoms with Crippen LogP contribution in [0.5, 0.6) is 0 Å². The van der Waals surface area contributed by atoms with Crippen LogP contribution in [0.3, 0.4) is 0 Å². The third kappa shape index (κ3) is 3.67. The summed E-state index contributed by atoms with van der Waals surface area (Å²) < 4.78 is 24.5. The molecule has 12 heavy (non-hydrogen) atoms. The number of hydrogen-bond acceptors (Lipinski definition) is 5. The van der Waals surface area contributed by atoms with Crippen molar-refractivity contribution in [2.24, 2.45) is 0 Å². The van der Waals surface area contributed by atoms with Gasteiger partial charge < -0.3 is 13.8 Å². The summed E-state index contributed by atoms with van der Waals surface area (Å²) in [7, 11) is 0.446. The molecule has 5 nitrogen and oxygen atoms in total. The number of methoxy groups -OCH3 is 1. The summed E-state index contributed by atoms with van der Waals surface area (Å²) >= 11 is 0. The van der Waals surface area contributed by atoms with Crippen molar-refractivity contribution in [1.29, 1.82) is 0 Å². The fraction of sp³-hybridized carbons (Fsp3) is 0.500. The third-order valence-electron chi connectivity index (χ3n) is 1.10. The molecule has 0 rings (SSSR count). The van der Waals surface area contributed by atoms with Gasteiger partial charge in [-0.15, -0.1) is 0 Å². The van der Waals surface area contributed by atoms with E-state index in [1.165, 1.54) is 21.3 Å². The molecule has 0 saturated carbocycles. The number of carbonyl (C=O) groups is 1. The van der Waals surface area contributed by atoms with E-state index < -0.39 is 13.6 Å². The summed E-state index contributed by atoms with van der Waals surface area (Å²) in [6.45, 7) is 0. The molecule has 0 saturated heterocycles. The zero-order chi connectivity index (χ0) is 9.61. The molecule has 0 heterocycles. The van der Waals surface area contributed by atoms with Crippen LogP contribution in [0, 0.1) is 0 Å². The average molecular weight is 194 g/mol. The van der Waals surface area contributed by atoms with E-state index in [0.29, 0.717) is 0 Å². The summed E-state index contributed by atoms with van der Waals surface area (Å²) in [5.41, 5.74) is 0. The van der Waals surface area contributed by atoms with Gasteiger partial charge in [0.2, 0.25) is 0 Å². The highest BCUT2D eigenvalue weighted by molar-refractivity contribution is 7.57. The van der Waals surface area contributed by atoms with Gasteiger partial charge in [-0.1, -0.05) is 0 Å². The van der Waals surface area contributed by atoms with Gasteiger partial charge in [0.15, 0.2) is 0 Å². The molecule has 0 N–H and O–H groups in total. The molecule has 0 aromatic carbocycles. The third-order valence-corrected chi connectivity index (χ3v) is 2.64. The number of ether oxygens (including phenoxy) is 1. The first-order chi connectivity index (χ1) is 5.58. The van der Waals surface area contributed by atoms with Gasteiger partial charge in [-0.25, -0.2) is 4.79 Å². The van der Waals surface area contributed by atoms with E-state index in [0.717, 1.165) is 11.9 Å². The lowest BCUT2D eigenvalue weighted by Gasteiger charge is -2.06. The molecule has 0 bridgehead atoms. The minimum atomic E-state index is -3.23. The standard InChI is InChI=1S/C6H11O5P/c1-9-6(7)4-5-12(8,10-2)11-3/h4-5H,1-3H3/b5-4-. The molecule has 0 amide bonds. The summed E-state index contributed by atoms with van der Waals surface area (Å²) in [5.74, 6) is 0.433. The van der Waals surface area contributed by atoms with Crippen LogP contribution < -0.4 is 0 Å². The summed E-state index contributed by atoms with van der Waals surface area (Å²) in [4.78, 5) is 10.5. The van der Waals surface area contributed by atoms with Crippen LogP contribution in [0.4, 0.5) is 0 Å². The Bertz CT molecular complexity index is 214. The Hall–Kier alpha value is -0.640. The van der Waals surface area contributed by atoms with Crippen LogP contribution in [-0.2, 0) is 23.1 Å². The minimum absolute atomic E-state index is 0.607.